The molecular formula is C13H16ClN3O3S. The van der Waals surface area contributed by atoms with E-state index in [1.807, 2.05) is 0 Å². The molecule has 0 aliphatic carbocycles. The highest BCUT2D eigenvalue weighted by Crippen LogP contribution is 2.19. The van der Waals surface area contributed by atoms with E-state index >= 15 is 0 Å². The molecule has 21 heavy (non-hydrogen) atoms. The maximum atomic E-state index is 12.0. The molecule has 1 heterocycles. The topological polar surface area (TPSA) is 76.3 Å². The first-order valence-electron chi connectivity index (χ1n) is 6.34. The Balaban J connectivity index is 2.16. The zero-order chi connectivity index (χ0) is 15.6. The van der Waals surface area contributed by atoms with Crippen molar-refractivity contribution < 1.29 is 12.9 Å². The smallest absolute Gasteiger partial charge is 0.242 e. The van der Waals surface area contributed by atoms with Gasteiger partial charge >= 0.3 is 0 Å². The molecule has 0 atom stereocenters. The van der Waals surface area contributed by atoms with Crippen molar-refractivity contribution in [3.8, 4) is 11.4 Å². The molecule has 0 aliphatic rings. The Morgan fingerprint density at radius 1 is 1.29 bits per heavy atom. The van der Waals surface area contributed by atoms with Crippen LogP contribution in [0.2, 0.25) is 5.02 Å². The lowest BCUT2D eigenvalue weighted by Crippen LogP contribution is -2.32. The van der Waals surface area contributed by atoms with Gasteiger partial charge in [-0.3, -0.25) is 0 Å². The van der Waals surface area contributed by atoms with Crippen LogP contribution in [-0.2, 0) is 16.6 Å². The normalized spacial score (nSPS) is 12.3. The minimum Gasteiger partial charge on any atom is -0.338 e. The van der Waals surface area contributed by atoms with Gasteiger partial charge in [-0.2, -0.15) is 9.29 Å². The molecule has 0 aliphatic heterocycles. The molecule has 0 N–H and O–H groups in total. The Labute approximate surface area is 128 Å². The standard InChI is InChI=1S/C13H16ClN3O3S/c1-9(2)21(18,19)17(3)8-12-15-13(16-20-12)10-4-6-11(14)7-5-10/h4-7,9H,8H2,1-3H3. The lowest BCUT2D eigenvalue weighted by molar-refractivity contribution is 0.335. The van der Waals surface area contributed by atoms with Gasteiger partial charge in [-0.05, 0) is 38.1 Å². The Morgan fingerprint density at radius 2 is 1.90 bits per heavy atom. The molecular weight excluding hydrogens is 314 g/mol. The summed E-state index contributed by atoms with van der Waals surface area (Å²) < 4.78 is 30.2. The van der Waals surface area contributed by atoms with Gasteiger partial charge < -0.3 is 4.52 Å². The van der Waals surface area contributed by atoms with E-state index in [0.29, 0.717) is 10.8 Å². The number of hydrogen-bond acceptors (Lipinski definition) is 5. The number of rotatable bonds is 5. The summed E-state index contributed by atoms with van der Waals surface area (Å²) >= 11 is 5.82. The van der Waals surface area contributed by atoms with Crippen molar-refractivity contribution in [3.63, 3.8) is 0 Å². The monoisotopic (exact) mass is 329 g/mol. The quantitative estimate of drug-likeness (QED) is 0.842. The largest absolute Gasteiger partial charge is 0.338 e. The highest BCUT2D eigenvalue weighted by molar-refractivity contribution is 7.89. The highest BCUT2D eigenvalue weighted by atomic mass is 35.5. The van der Waals surface area contributed by atoms with Crippen LogP contribution in [0, 0.1) is 0 Å². The lowest BCUT2D eigenvalue weighted by atomic mass is 10.2. The summed E-state index contributed by atoms with van der Waals surface area (Å²) in [7, 11) is -1.86. The fourth-order valence-electron chi connectivity index (χ4n) is 1.68. The van der Waals surface area contributed by atoms with Gasteiger partial charge in [0.05, 0.1) is 11.8 Å². The predicted molar refractivity (Wildman–Crippen MR) is 80.3 cm³/mol. The summed E-state index contributed by atoms with van der Waals surface area (Å²) in [5, 5.41) is 3.96. The van der Waals surface area contributed by atoms with Gasteiger partial charge in [0.15, 0.2) is 0 Å². The summed E-state index contributed by atoms with van der Waals surface area (Å²) in [4.78, 5) is 4.20. The fourth-order valence-corrected chi connectivity index (χ4v) is 2.81. The van der Waals surface area contributed by atoms with Gasteiger partial charge in [0.25, 0.3) is 0 Å². The van der Waals surface area contributed by atoms with Crippen LogP contribution in [0.3, 0.4) is 0 Å². The molecule has 0 fully saturated rings. The summed E-state index contributed by atoms with van der Waals surface area (Å²) in [6, 6.07) is 6.99. The number of nitrogens with zero attached hydrogens (tertiary/aromatic N) is 3. The molecule has 0 spiro atoms. The highest BCUT2D eigenvalue weighted by Gasteiger charge is 2.24. The van der Waals surface area contributed by atoms with E-state index < -0.39 is 15.3 Å². The maximum Gasteiger partial charge on any atom is 0.242 e. The van der Waals surface area contributed by atoms with Crippen LogP contribution in [0.4, 0.5) is 0 Å². The van der Waals surface area contributed by atoms with Gasteiger partial charge in [0.2, 0.25) is 21.7 Å². The molecule has 0 saturated carbocycles. The number of sulfonamides is 1. The van der Waals surface area contributed by atoms with E-state index in [2.05, 4.69) is 10.1 Å². The zero-order valence-corrected chi connectivity index (χ0v) is 13.5. The van der Waals surface area contributed by atoms with Crippen LogP contribution in [0.1, 0.15) is 19.7 Å². The third kappa shape index (κ3) is 3.61. The molecule has 0 saturated heterocycles. The van der Waals surface area contributed by atoms with E-state index in [-0.39, 0.29) is 12.4 Å². The summed E-state index contributed by atoms with van der Waals surface area (Å²) in [6.45, 7) is 3.29. The predicted octanol–water partition coefficient (Wildman–Crippen LogP) is 2.56. The van der Waals surface area contributed by atoms with Crippen molar-refractivity contribution in [2.75, 3.05) is 7.05 Å². The van der Waals surface area contributed by atoms with E-state index in [0.717, 1.165) is 5.56 Å². The average Bonchev–Trinajstić information content (AvgIpc) is 2.87. The second-order valence-electron chi connectivity index (χ2n) is 4.87. The summed E-state index contributed by atoms with van der Waals surface area (Å²) in [5.41, 5.74) is 0.753. The number of halogens is 1. The fraction of sp³-hybridized carbons (Fsp3) is 0.385. The van der Waals surface area contributed by atoms with Crippen LogP contribution in [-0.4, -0.2) is 35.2 Å². The van der Waals surface area contributed by atoms with Crippen molar-refractivity contribution in [2.45, 2.75) is 25.6 Å². The zero-order valence-electron chi connectivity index (χ0n) is 11.9. The molecule has 6 nitrogen and oxygen atoms in total. The van der Waals surface area contributed by atoms with Gasteiger partial charge in [0, 0.05) is 17.6 Å². The Hall–Kier alpha value is -1.44. The van der Waals surface area contributed by atoms with Gasteiger partial charge in [-0.25, -0.2) is 8.42 Å². The molecule has 2 aromatic rings. The van der Waals surface area contributed by atoms with Gasteiger partial charge in [0.1, 0.15) is 0 Å². The van der Waals surface area contributed by atoms with Crippen LogP contribution in [0.25, 0.3) is 11.4 Å². The van der Waals surface area contributed by atoms with Crippen molar-refractivity contribution in [1.82, 2.24) is 14.4 Å². The van der Waals surface area contributed by atoms with E-state index in [1.165, 1.54) is 11.4 Å². The van der Waals surface area contributed by atoms with E-state index in [4.69, 9.17) is 16.1 Å². The molecule has 0 bridgehead atoms. The van der Waals surface area contributed by atoms with Crippen molar-refractivity contribution in [2.24, 2.45) is 0 Å². The molecule has 2 rings (SSSR count). The third-order valence-corrected chi connectivity index (χ3v) is 5.40. The first-order valence-corrected chi connectivity index (χ1v) is 8.22. The maximum absolute atomic E-state index is 12.0. The van der Waals surface area contributed by atoms with E-state index in [9.17, 15) is 8.42 Å². The van der Waals surface area contributed by atoms with Crippen molar-refractivity contribution >= 4 is 21.6 Å². The molecule has 114 valence electrons. The van der Waals surface area contributed by atoms with E-state index in [1.54, 1.807) is 38.1 Å². The minimum absolute atomic E-state index is 0.0428. The average molecular weight is 330 g/mol. The summed E-state index contributed by atoms with van der Waals surface area (Å²) in [5.74, 6) is 0.642. The first-order chi connectivity index (χ1) is 9.80. The molecule has 1 aromatic heterocycles. The Kier molecular flexibility index (Phi) is 4.65. The molecule has 0 unspecified atom stereocenters. The SMILES string of the molecule is CC(C)S(=O)(=O)N(C)Cc1nc(-c2ccc(Cl)cc2)no1. The molecule has 1 aromatic carbocycles. The second-order valence-corrected chi connectivity index (χ2v) is 7.90. The van der Waals surface area contributed by atoms with Gasteiger partial charge in [-0.1, -0.05) is 16.8 Å². The van der Waals surface area contributed by atoms with Crippen molar-refractivity contribution in [3.05, 3.63) is 35.2 Å². The first kappa shape index (κ1) is 15.9. The van der Waals surface area contributed by atoms with Crippen LogP contribution < -0.4 is 0 Å². The number of benzene rings is 1. The minimum atomic E-state index is -3.35. The Bertz CT molecular complexity index is 711. The third-order valence-electron chi connectivity index (χ3n) is 2.96. The lowest BCUT2D eigenvalue weighted by Gasteiger charge is -2.17. The number of aromatic nitrogens is 2. The van der Waals surface area contributed by atoms with Crippen LogP contribution in [0.5, 0.6) is 0 Å². The van der Waals surface area contributed by atoms with Gasteiger partial charge in [-0.15, -0.1) is 0 Å². The molecule has 0 radical (unpaired) electrons. The Morgan fingerprint density at radius 3 is 2.48 bits per heavy atom. The molecule has 0 amide bonds. The second kappa shape index (κ2) is 6.13. The van der Waals surface area contributed by atoms with Crippen molar-refractivity contribution in [1.29, 1.82) is 0 Å². The summed E-state index contributed by atoms with van der Waals surface area (Å²) in [6.07, 6.45) is 0. The van der Waals surface area contributed by atoms with Crippen LogP contribution >= 0.6 is 11.6 Å². The van der Waals surface area contributed by atoms with Crippen LogP contribution in [0.15, 0.2) is 28.8 Å². The number of hydrogen-bond donors (Lipinski definition) is 0. The molecule has 8 heteroatoms.